The van der Waals surface area contributed by atoms with Crippen LogP contribution in [0.15, 0.2) is 18.2 Å². The number of hydrogen-bond acceptors (Lipinski definition) is 1. The van der Waals surface area contributed by atoms with Crippen molar-refractivity contribution in [1.82, 2.24) is 0 Å². The van der Waals surface area contributed by atoms with Crippen molar-refractivity contribution in [3.63, 3.8) is 0 Å². The predicted molar refractivity (Wildman–Crippen MR) is 97.6 cm³/mol. The number of benzene rings is 1. The molecule has 1 aromatic rings. The standard InChI is InChI=1S/C21H36O/c1-3-5-7-8-9-10-11-13-15-20-18-19(14-12-6-4-2)16-17-21(20)22/h16-18,22H,3-15H2,1-2H3. The summed E-state index contributed by atoms with van der Waals surface area (Å²) in [5, 5.41) is 10.0. The molecule has 1 N–H and O–H groups in total. The van der Waals surface area contributed by atoms with Crippen LogP contribution in [0.2, 0.25) is 0 Å². The number of unbranched alkanes of at least 4 members (excludes halogenated alkanes) is 9. The summed E-state index contributed by atoms with van der Waals surface area (Å²) < 4.78 is 0. The minimum Gasteiger partial charge on any atom is -0.508 e. The molecule has 0 unspecified atom stereocenters. The Labute approximate surface area is 138 Å². The van der Waals surface area contributed by atoms with E-state index in [1.54, 1.807) is 0 Å². The van der Waals surface area contributed by atoms with E-state index in [1.165, 1.54) is 76.2 Å². The largest absolute Gasteiger partial charge is 0.508 e. The third-order valence-corrected chi connectivity index (χ3v) is 4.51. The van der Waals surface area contributed by atoms with E-state index in [0.29, 0.717) is 5.75 Å². The van der Waals surface area contributed by atoms with Gasteiger partial charge >= 0.3 is 0 Å². The number of rotatable bonds is 13. The summed E-state index contributed by atoms with van der Waals surface area (Å²) in [4.78, 5) is 0. The van der Waals surface area contributed by atoms with E-state index in [9.17, 15) is 5.11 Å². The number of aryl methyl sites for hydroxylation is 2. The normalized spacial score (nSPS) is 11.0. The molecule has 0 aliphatic carbocycles. The van der Waals surface area contributed by atoms with Gasteiger partial charge in [-0.1, -0.05) is 83.8 Å². The van der Waals surface area contributed by atoms with Gasteiger partial charge in [-0.05, 0) is 42.9 Å². The second-order valence-corrected chi connectivity index (χ2v) is 6.65. The van der Waals surface area contributed by atoms with E-state index < -0.39 is 0 Å². The summed E-state index contributed by atoms with van der Waals surface area (Å²) in [6.07, 6.45) is 16.8. The maximum atomic E-state index is 10.0. The SMILES string of the molecule is CCCCCCCCCCc1cc(CCCCC)ccc1O. The predicted octanol–water partition coefficient (Wildman–Crippen LogP) is 6.81. The summed E-state index contributed by atoms with van der Waals surface area (Å²) in [6.45, 7) is 4.51. The van der Waals surface area contributed by atoms with Gasteiger partial charge in [0.25, 0.3) is 0 Å². The van der Waals surface area contributed by atoms with E-state index >= 15 is 0 Å². The van der Waals surface area contributed by atoms with Crippen LogP contribution in [-0.2, 0) is 12.8 Å². The third kappa shape index (κ3) is 8.46. The molecular weight excluding hydrogens is 268 g/mol. The van der Waals surface area contributed by atoms with Crippen LogP contribution in [0.3, 0.4) is 0 Å². The monoisotopic (exact) mass is 304 g/mol. The van der Waals surface area contributed by atoms with Crippen molar-refractivity contribution in [1.29, 1.82) is 0 Å². The summed E-state index contributed by atoms with van der Waals surface area (Å²) in [6, 6.07) is 6.20. The number of phenols is 1. The van der Waals surface area contributed by atoms with Crippen molar-refractivity contribution in [2.45, 2.75) is 97.3 Å². The van der Waals surface area contributed by atoms with E-state index in [1.807, 2.05) is 6.07 Å². The van der Waals surface area contributed by atoms with Crippen molar-refractivity contribution in [2.24, 2.45) is 0 Å². The van der Waals surface area contributed by atoms with Gasteiger partial charge in [-0.15, -0.1) is 0 Å². The zero-order valence-electron chi connectivity index (χ0n) is 14.9. The molecule has 0 heterocycles. The first-order valence-corrected chi connectivity index (χ1v) is 9.58. The highest BCUT2D eigenvalue weighted by Crippen LogP contribution is 2.22. The topological polar surface area (TPSA) is 20.2 Å². The van der Waals surface area contributed by atoms with Crippen molar-refractivity contribution < 1.29 is 5.11 Å². The molecule has 1 nitrogen and oxygen atoms in total. The summed E-state index contributed by atoms with van der Waals surface area (Å²) in [7, 11) is 0. The lowest BCUT2D eigenvalue weighted by Crippen LogP contribution is -1.92. The van der Waals surface area contributed by atoms with Crippen LogP contribution in [0.25, 0.3) is 0 Å². The van der Waals surface area contributed by atoms with Crippen molar-refractivity contribution in [3.05, 3.63) is 29.3 Å². The zero-order valence-corrected chi connectivity index (χ0v) is 14.9. The molecule has 1 rings (SSSR count). The first-order chi connectivity index (χ1) is 10.8. The molecule has 126 valence electrons. The lowest BCUT2D eigenvalue weighted by Gasteiger charge is -2.08. The summed E-state index contributed by atoms with van der Waals surface area (Å²) >= 11 is 0. The maximum absolute atomic E-state index is 10.0. The molecule has 0 aliphatic rings. The smallest absolute Gasteiger partial charge is 0.118 e. The summed E-state index contributed by atoms with van der Waals surface area (Å²) in [5.74, 6) is 0.488. The number of hydrogen-bond donors (Lipinski definition) is 1. The molecular formula is C21H36O. The minimum atomic E-state index is 0.488. The van der Waals surface area contributed by atoms with Gasteiger partial charge in [-0.3, -0.25) is 0 Å². The molecule has 1 aromatic carbocycles. The Morgan fingerprint density at radius 1 is 0.682 bits per heavy atom. The molecule has 0 saturated heterocycles. The highest BCUT2D eigenvalue weighted by molar-refractivity contribution is 5.36. The Morgan fingerprint density at radius 3 is 1.91 bits per heavy atom. The molecule has 0 aliphatic heterocycles. The van der Waals surface area contributed by atoms with Gasteiger partial charge in [0.05, 0.1) is 0 Å². The fourth-order valence-electron chi connectivity index (χ4n) is 3.02. The van der Waals surface area contributed by atoms with Gasteiger partial charge in [-0.25, -0.2) is 0 Å². The Morgan fingerprint density at radius 2 is 1.23 bits per heavy atom. The van der Waals surface area contributed by atoms with Gasteiger partial charge in [0, 0.05) is 0 Å². The average molecular weight is 305 g/mol. The van der Waals surface area contributed by atoms with Crippen LogP contribution in [0, 0.1) is 0 Å². The lowest BCUT2D eigenvalue weighted by atomic mass is 9.99. The minimum absolute atomic E-state index is 0.488. The average Bonchev–Trinajstić information content (AvgIpc) is 2.53. The first-order valence-electron chi connectivity index (χ1n) is 9.58. The molecule has 1 heteroatoms. The van der Waals surface area contributed by atoms with Gasteiger partial charge in [0.2, 0.25) is 0 Å². The van der Waals surface area contributed by atoms with Crippen LogP contribution in [0.5, 0.6) is 5.75 Å². The fourth-order valence-corrected chi connectivity index (χ4v) is 3.02. The van der Waals surface area contributed by atoms with Crippen LogP contribution < -0.4 is 0 Å². The zero-order chi connectivity index (χ0) is 16.0. The van der Waals surface area contributed by atoms with Crippen LogP contribution in [0.4, 0.5) is 0 Å². The number of phenolic OH excluding ortho intramolecular Hbond substituents is 1. The molecule has 0 aromatic heterocycles. The molecule has 0 saturated carbocycles. The van der Waals surface area contributed by atoms with Gasteiger partial charge in [0.1, 0.15) is 5.75 Å². The van der Waals surface area contributed by atoms with Gasteiger partial charge in [-0.2, -0.15) is 0 Å². The Kier molecular flexibility index (Phi) is 10.9. The van der Waals surface area contributed by atoms with Crippen molar-refractivity contribution in [2.75, 3.05) is 0 Å². The Hall–Kier alpha value is -0.980. The fraction of sp³-hybridized carbons (Fsp3) is 0.714. The quantitative estimate of drug-likeness (QED) is 0.397. The van der Waals surface area contributed by atoms with Crippen molar-refractivity contribution >= 4 is 0 Å². The lowest BCUT2D eigenvalue weighted by molar-refractivity contribution is 0.465. The van der Waals surface area contributed by atoms with E-state index in [4.69, 9.17) is 0 Å². The van der Waals surface area contributed by atoms with Crippen molar-refractivity contribution in [3.8, 4) is 5.75 Å². The summed E-state index contributed by atoms with van der Waals surface area (Å²) in [5.41, 5.74) is 2.54. The first kappa shape index (κ1) is 19.1. The highest BCUT2D eigenvalue weighted by Gasteiger charge is 2.03. The third-order valence-electron chi connectivity index (χ3n) is 4.51. The van der Waals surface area contributed by atoms with Crippen LogP contribution >= 0.6 is 0 Å². The molecule has 0 bridgehead atoms. The van der Waals surface area contributed by atoms with Crippen LogP contribution in [0.1, 0.15) is 95.6 Å². The molecule has 0 radical (unpaired) electrons. The van der Waals surface area contributed by atoms with E-state index in [2.05, 4.69) is 26.0 Å². The maximum Gasteiger partial charge on any atom is 0.118 e. The van der Waals surface area contributed by atoms with Gasteiger partial charge < -0.3 is 5.11 Å². The number of aromatic hydroxyl groups is 1. The molecule has 0 fully saturated rings. The highest BCUT2D eigenvalue weighted by atomic mass is 16.3. The second kappa shape index (κ2) is 12.6. The van der Waals surface area contributed by atoms with E-state index in [-0.39, 0.29) is 0 Å². The van der Waals surface area contributed by atoms with E-state index in [0.717, 1.165) is 18.4 Å². The molecule has 0 spiro atoms. The Bertz CT molecular complexity index is 383. The Balaban J connectivity index is 2.22. The molecule has 0 atom stereocenters. The van der Waals surface area contributed by atoms with Gasteiger partial charge in [0.15, 0.2) is 0 Å². The molecule has 0 amide bonds. The second-order valence-electron chi connectivity index (χ2n) is 6.65. The molecule has 22 heavy (non-hydrogen) atoms. The van der Waals surface area contributed by atoms with Crippen LogP contribution in [-0.4, -0.2) is 5.11 Å².